The highest BCUT2D eigenvalue weighted by molar-refractivity contribution is 5.90. The van der Waals surface area contributed by atoms with Crippen molar-refractivity contribution in [2.24, 2.45) is 0 Å². The molecule has 3 rings (SSSR count). The zero-order chi connectivity index (χ0) is 15.4. The molecule has 0 saturated carbocycles. The van der Waals surface area contributed by atoms with Crippen LogP contribution in [0.1, 0.15) is 11.1 Å². The Hall–Kier alpha value is -2.17. The average Bonchev–Trinajstić information content (AvgIpc) is 2.62. The first-order valence-electron chi connectivity index (χ1n) is 7.56. The first kappa shape index (κ1) is 14.8. The molecule has 0 spiro atoms. The van der Waals surface area contributed by atoms with Gasteiger partial charge in [-0.2, -0.15) is 0 Å². The van der Waals surface area contributed by atoms with Crippen LogP contribution in [0.5, 0.6) is 0 Å². The van der Waals surface area contributed by atoms with E-state index in [-0.39, 0.29) is 5.91 Å². The van der Waals surface area contributed by atoms with Crippen LogP contribution in [0.3, 0.4) is 0 Å². The third-order valence-electron chi connectivity index (χ3n) is 4.10. The highest BCUT2D eigenvalue weighted by atomic mass is 16.3. The van der Waals surface area contributed by atoms with Gasteiger partial charge in [-0.25, -0.2) is 0 Å². The molecule has 2 aromatic carbocycles. The highest BCUT2D eigenvalue weighted by Gasteiger charge is 2.42. The molecule has 1 amide bonds. The summed E-state index contributed by atoms with van der Waals surface area (Å²) in [6.07, 6.45) is 0. The van der Waals surface area contributed by atoms with Crippen LogP contribution in [0.15, 0.2) is 60.7 Å². The molecule has 1 saturated heterocycles. The predicted octanol–water partition coefficient (Wildman–Crippen LogP) is 1.35. The third kappa shape index (κ3) is 2.63. The van der Waals surface area contributed by atoms with Gasteiger partial charge in [0, 0.05) is 26.2 Å². The van der Waals surface area contributed by atoms with Gasteiger partial charge in [-0.3, -0.25) is 4.79 Å². The van der Waals surface area contributed by atoms with Crippen LogP contribution in [0.2, 0.25) is 0 Å². The van der Waals surface area contributed by atoms with Crippen LogP contribution in [0.4, 0.5) is 0 Å². The van der Waals surface area contributed by atoms with Gasteiger partial charge >= 0.3 is 0 Å². The van der Waals surface area contributed by atoms with Crippen LogP contribution in [-0.2, 0) is 10.4 Å². The number of carbonyl (C=O) groups is 1. The maximum absolute atomic E-state index is 13.1. The maximum atomic E-state index is 13.1. The second-order valence-corrected chi connectivity index (χ2v) is 5.48. The van der Waals surface area contributed by atoms with Crippen LogP contribution < -0.4 is 5.32 Å². The lowest BCUT2D eigenvalue weighted by Gasteiger charge is -2.36. The molecule has 1 aliphatic rings. The summed E-state index contributed by atoms with van der Waals surface area (Å²) in [5, 5.41) is 14.6. The number of rotatable bonds is 3. The molecule has 0 unspecified atom stereocenters. The van der Waals surface area contributed by atoms with Gasteiger partial charge in [-0.1, -0.05) is 60.7 Å². The minimum absolute atomic E-state index is 0.258. The second kappa shape index (κ2) is 6.30. The lowest BCUT2D eigenvalue weighted by Crippen LogP contribution is -2.54. The van der Waals surface area contributed by atoms with Crippen molar-refractivity contribution < 1.29 is 9.90 Å². The molecule has 1 heterocycles. The Balaban J connectivity index is 2.05. The number of hydrogen-bond acceptors (Lipinski definition) is 3. The summed E-state index contributed by atoms with van der Waals surface area (Å²) in [6, 6.07) is 18.3. The molecule has 22 heavy (non-hydrogen) atoms. The van der Waals surface area contributed by atoms with Crippen molar-refractivity contribution in [2.45, 2.75) is 5.60 Å². The average molecular weight is 296 g/mol. The standard InChI is InChI=1S/C18H20N2O2/c21-17(20-13-11-19-12-14-20)18(22,15-7-3-1-4-8-15)16-9-5-2-6-10-16/h1-10,19,22H,11-14H2. The zero-order valence-corrected chi connectivity index (χ0v) is 12.4. The summed E-state index contributed by atoms with van der Waals surface area (Å²) in [5.41, 5.74) is -0.436. The van der Waals surface area contributed by atoms with Gasteiger partial charge < -0.3 is 15.3 Å². The van der Waals surface area contributed by atoms with Crippen molar-refractivity contribution in [3.8, 4) is 0 Å². The maximum Gasteiger partial charge on any atom is 0.264 e. The van der Waals surface area contributed by atoms with Crippen molar-refractivity contribution in [1.82, 2.24) is 10.2 Å². The normalized spacial score (nSPS) is 15.6. The number of carbonyl (C=O) groups excluding carboxylic acids is 1. The molecule has 4 nitrogen and oxygen atoms in total. The fraction of sp³-hybridized carbons (Fsp3) is 0.278. The van der Waals surface area contributed by atoms with E-state index in [2.05, 4.69) is 5.32 Å². The topological polar surface area (TPSA) is 52.6 Å². The Morgan fingerprint density at radius 1 is 0.909 bits per heavy atom. The van der Waals surface area contributed by atoms with Crippen LogP contribution in [0, 0.1) is 0 Å². The zero-order valence-electron chi connectivity index (χ0n) is 12.4. The van der Waals surface area contributed by atoms with Gasteiger partial charge in [-0.05, 0) is 11.1 Å². The van der Waals surface area contributed by atoms with Crippen molar-refractivity contribution in [3.05, 3.63) is 71.8 Å². The first-order chi connectivity index (χ1) is 10.7. The van der Waals surface area contributed by atoms with E-state index >= 15 is 0 Å². The fourth-order valence-electron chi connectivity index (χ4n) is 2.87. The predicted molar refractivity (Wildman–Crippen MR) is 85.3 cm³/mol. The summed E-state index contributed by atoms with van der Waals surface area (Å²) >= 11 is 0. The molecule has 0 atom stereocenters. The number of aliphatic hydroxyl groups is 1. The molecule has 0 radical (unpaired) electrons. The van der Waals surface area contributed by atoms with Crippen molar-refractivity contribution >= 4 is 5.91 Å². The number of hydrogen-bond donors (Lipinski definition) is 2. The Bertz CT molecular complexity index is 583. The number of amides is 1. The second-order valence-electron chi connectivity index (χ2n) is 5.48. The van der Waals surface area contributed by atoms with Crippen LogP contribution in [0.25, 0.3) is 0 Å². The monoisotopic (exact) mass is 296 g/mol. The number of benzene rings is 2. The Kier molecular flexibility index (Phi) is 4.22. The third-order valence-corrected chi connectivity index (χ3v) is 4.10. The molecule has 0 aliphatic carbocycles. The quantitative estimate of drug-likeness (QED) is 0.899. The molecule has 0 aromatic heterocycles. The number of nitrogens with one attached hydrogen (secondary N) is 1. The molecule has 1 aliphatic heterocycles. The van der Waals surface area contributed by atoms with Crippen molar-refractivity contribution in [3.63, 3.8) is 0 Å². The van der Waals surface area contributed by atoms with Crippen LogP contribution in [-0.4, -0.2) is 42.1 Å². The van der Waals surface area contributed by atoms with Gasteiger partial charge in [0.2, 0.25) is 0 Å². The highest BCUT2D eigenvalue weighted by Crippen LogP contribution is 2.31. The van der Waals surface area contributed by atoms with Gasteiger partial charge in [-0.15, -0.1) is 0 Å². The lowest BCUT2D eigenvalue weighted by atomic mass is 9.85. The lowest BCUT2D eigenvalue weighted by molar-refractivity contribution is -0.148. The van der Waals surface area contributed by atoms with Gasteiger partial charge in [0.15, 0.2) is 5.60 Å². The van der Waals surface area contributed by atoms with E-state index < -0.39 is 5.60 Å². The van der Waals surface area contributed by atoms with E-state index in [1.54, 1.807) is 29.2 Å². The van der Waals surface area contributed by atoms with Gasteiger partial charge in [0.1, 0.15) is 0 Å². The summed E-state index contributed by atoms with van der Waals surface area (Å²) in [4.78, 5) is 14.8. The Labute approximate surface area is 130 Å². The van der Waals surface area contributed by atoms with E-state index in [0.717, 1.165) is 13.1 Å². The molecule has 4 heteroatoms. The molecule has 114 valence electrons. The minimum atomic E-state index is -1.64. The molecule has 1 fully saturated rings. The summed E-state index contributed by atoms with van der Waals surface area (Å²) in [5.74, 6) is -0.258. The van der Waals surface area contributed by atoms with Gasteiger partial charge in [0.25, 0.3) is 5.91 Å². The molecule has 2 N–H and O–H groups in total. The molecular formula is C18H20N2O2. The van der Waals surface area contributed by atoms with Gasteiger partial charge in [0.05, 0.1) is 0 Å². The molecule has 0 bridgehead atoms. The van der Waals surface area contributed by atoms with E-state index in [1.165, 1.54) is 0 Å². The number of piperazine rings is 1. The Morgan fingerprint density at radius 3 is 1.82 bits per heavy atom. The van der Waals surface area contributed by atoms with E-state index in [1.807, 2.05) is 36.4 Å². The first-order valence-corrected chi connectivity index (χ1v) is 7.56. The van der Waals surface area contributed by atoms with E-state index in [0.29, 0.717) is 24.2 Å². The SMILES string of the molecule is O=C(N1CCNCC1)C(O)(c1ccccc1)c1ccccc1. The molecular weight excluding hydrogens is 276 g/mol. The van der Waals surface area contributed by atoms with E-state index in [4.69, 9.17) is 0 Å². The largest absolute Gasteiger partial charge is 0.372 e. The Morgan fingerprint density at radius 2 is 1.36 bits per heavy atom. The summed E-state index contributed by atoms with van der Waals surface area (Å²) in [7, 11) is 0. The van der Waals surface area contributed by atoms with Crippen molar-refractivity contribution in [2.75, 3.05) is 26.2 Å². The van der Waals surface area contributed by atoms with E-state index in [9.17, 15) is 9.90 Å². The van der Waals surface area contributed by atoms with Crippen LogP contribution >= 0.6 is 0 Å². The number of nitrogens with zero attached hydrogens (tertiary/aromatic N) is 1. The smallest absolute Gasteiger partial charge is 0.264 e. The summed E-state index contributed by atoms with van der Waals surface area (Å²) in [6.45, 7) is 2.73. The minimum Gasteiger partial charge on any atom is -0.372 e. The fourth-order valence-corrected chi connectivity index (χ4v) is 2.87. The molecule has 2 aromatic rings. The van der Waals surface area contributed by atoms with Crippen molar-refractivity contribution in [1.29, 1.82) is 0 Å². The summed E-state index contributed by atoms with van der Waals surface area (Å²) < 4.78 is 0.